The van der Waals surface area contributed by atoms with Crippen LogP contribution in [-0.2, 0) is 21.2 Å². The lowest BCUT2D eigenvalue weighted by Gasteiger charge is -2.09. The van der Waals surface area contributed by atoms with E-state index in [0.717, 1.165) is 5.56 Å². The highest BCUT2D eigenvalue weighted by molar-refractivity contribution is 8.02. The van der Waals surface area contributed by atoms with Gasteiger partial charge in [0.15, 0.2) is 9.84 Å². The van der Waals surface area contributed by atoms with Gasteiger partial charge in [0.25, 0.3) is 0 Å². The van der Waals surface area contributed by atoms with Crippen LogP contribution in [0, 0.1) is 5.82 Å². The van der Waals surface area contributed by atoms with Crippen LogP contribution in [0.4, 0.5) is 4.39 Å². The van der Waals surface area contributed by atoms with Crippen molar-refractivity contribution < 1.29 is 22.3 Å². The second kappa shape index (κ2) is 8.75. The van der Waals surface area contributed by atoms with Crippen LogP contribution in [-0.4, -0.2) is 36.8 Å². The fraction of sp³-hybridized carbons (Fsp3) is 0.316. The highest BCUT2D eigenvalue weighted by Crippen LogP contribution is 2.24. The van der Waals surface area contributed by atoms with Crippen molar-refractivity contribution in [1.29, 1.82) is 0 Å². The molecule has 0 unspecified atom stereocenters. The van der Waals surface area contributed by atoms with Gasteiger partial charge >= 0.3 is 0 Å². The third-order valence-electron chi connectivity index (χ3n) is 4.10. The molecule has 2 aromatic rings. The second-order valence-corrected chi connectivity index (χ2v) is 9.83. The third kappa shape index (κ3) is 6.25. The van der Waals surface area contributed by atoms with Crippen LogP contribution in [0.1, 0.15) is 12.0 Å². The minimum atomic E-state index is -2.91. The Bertz CT molecular complexity index is 883. The first kappa shape index (κ1) is 19.7. The Morgan fingerprint density at radius 1 is 1.11 bits per heavy atom. The maximum Gasteiger partial charge on any atom is 0.230 e. The van der Waals surface area contributed by atoms with Crippen molar-refractivity contribution in [3.63, 3.8) is 0 Å². The lowest BCUT2D eigenvalue weighted by atomic mass is 10.2. The molecule has 8 heteroatoms. The van der Waals surface area contributed by atoms with Gasteiger partial charge in [-0.05, 0) is 48.4 Å². The van der Waals surface area contributed by atoms with Gasteiger partial charge < -0.3 is 10.1 Å². The van der Waals surface area contributed by atoms with Crippen LogP contribution in [0.15, 0.2) is 48.5 Å². The van der Waals surface area contributed by atoms with Gasteiger partial charge in [0.1, 0.15) is 17.3 Å². The average Bonchev–Trinajstić information content (AvgIpc) is 3.00. The lowest BCUT2D eigenvalue weighted by molar-refractivity contribution is -0.118. The molecule has 5 nitrogen and oxygen atoms in total. The van der Waals surface area contributed by atoms with E-state index in [4.69, 9.17) is 4.74 Å². The predicted molar refractivity (Wildman–Crippen MR) is 104 cm³/mol. The largest absolute Gasteiger partial charge is 0.457 e. The van der Waals surface area contributed by atoms with Crippen LogP contribution < -0.4 is 10.1 Å². The summed E-state index contributed by atoms with van der Waals surface area (Å²) in [4.78, 5) is 11.9. The maximum atomic E-state index is 12.9. The van der Waals surface area contributed by atoms with Gasteiger partial charge in [-0.1, -0.05) is 12.1 Å². The number of thioether (sulfide) groups is 1. The first-order chi connectivity index (χ1) is 12.9. The molecule has 0 aliphatic carbocycles. The zero-order valence-corrected chi connectivity index (χ0v) is 16.2. The second-order valence-electron chi connectivity index (χ2n) is 6.31. The number of nitrogens with one attached hydrogen (secondary N) is 1. The van der Waals surface area contributed by atoms with Gasteiger partial charge in [0, 0.05) is 11.8 Å². The summed E-state index contributed by atoms with van der Waals surface area (Å²) in [5.74, 6) is 1.38. The van der Waals surface area contributed by atoms with Crippen molar-refractivity contribution in [1.82, 2.24) is 5.32 Å². The number of carbonyl (C=O) groups is 1. The van der Waals surface area contributed by atoms with E-state index < -0.39 is 9.84 Å². The maximum absolute atomic E-state index is 12.9. The fourth-order valence-electron chi connectivity index (χ4n) is 2.65. The SMILES string of the molecule is O=C(CS[C@@H]1CCS(=O)(=O)C1)NCc1ccc(Oc2ccc(F)cc2)cc1. The van der Waals surface area contributed by atoms with Gasteiger partial charge in [0.05, 0.1) is 17.3 Å². The molecule has 2 aromatic carbocycles. The molecule has 1 N–H and O–H groups in total. The minimum Gasteiger partial charge on any atom is -0.457 e. The Balaban J connectivity index is 1.41. The van der Waals surface area contributed by atoms with E-state index in [9.17, 15) is 17.6 Å². The van der Waals surface area contributed by atoms with Crippen LogP contribution >= 0.6 is 11.8 Å². The van der Waals surface area contributed by atoms with E-state index in [1.165, 1.54) is 23.9 Å². The van der Waals surface area contributed by atoms with Crippen molar-refractivity contribution in [2.24, 2.45) is 0 Å². The summed E-state index contributed by atoms with van der Waals surface area (Å²) >= 11 is 1.40. The number of amides is 1. The molecule has 1 heterocycles. The van der Waals surface area contributed by atoms with Crippen molar-refractivity contribution in [2.45, 2.75) is 18.2 Å². The molecule has 27 heavy (non-hydrogen) atoms. The molecule has 1 atom stereocenters. The normalized spacial score (nSPS) is 18.2. The predicted octanol–water partition coefficient (Wildman–Crippen LogP) is 3.15. The number of sulfone groups is 1. The third-order valence-corrected chi connectivity index (χ3v) is 7.38. The number of hydrogen-bond donors (Lipinski definition) is 1. The van der Waals surface area contributed by atoms with Gasteiger partial charge in [-0.25, -0.2) is 12.8 Å². The molecule has 1 saturated heterocycles. The number of carbonyl (C=O) groups excluding carboxylic acids is 1. The standard InChI is InChI=1S/C19H20FNO4S2/c20-15-3-7-17(8-4-15)25-16-5-1-14(2-6-16)11-21-19(22)12-26-18-9-10-27(23,24)13-18/h1-8,18H,9-13H2,(H,21,22)/t18-/m1/s1. The molecule has 1 aliphatic rings. The van der Waals surface area contributed by atoms with E-state index in [1.807, 2.05) is 12.1 Å². The minimum absolute atomic E-state index is 0.0173. The van der Waals surface area contributed by atoms with Crippen LogP contribution in [0.2, 0.25) is 0 Å². The molecule has 0 spiro atoms. The summed E-state index contributed by atoms with van der Waals surface area (Å²) in [5, 5.41) is 2.84. The summed E-state index contributed by atoms with van der Waals surface area (Å²) in [7, 11) is -2.91. The average molecular weight is 410 g/mol. The summed E-state index contributed by atoms with van der Waals surface area (Å²) < 4.78 is 41.3. The lowest BCUT2D eigenvalue weighted by Crippen LogP contribution is -2.25. The number of hydrogen-bond acceptors (Lipinski definition) is 5. The number of halogens is 1. The molecule has 1 fully saturated rings. The van der Waals surface area contributed by atoms with E-state index in [2.05, 4.69) is 5.32 Å². The molecular weight excluding hydrogens is 389 g/mol. The van der Waals surface area contributed by atoms with Crippen LogP contribution in [0.25, 0.3) is 0 Å². The molecule has 1 amide bonds. The van der Waals surface area contributed by atoms with Gasteiger partial charge in [-0.3, -0.25) is 4.79 Å². The summed E-state index contributed by atoms with van der Waals surface area (Å²) in [6, 6.07) is 13.0. The van der Waals surface area contributed by atoms with Crippen LogP contribution in [0.3, 0.4) is 0 Å². The molecule has 1 aliphatic heterocycles. The molecule has 0 saturated carbocycles. The Labute approximate surface area is 162 Å². The Morgan fingerprint density at radius 2 is 1.74 bits per heavy atom. The summed E-state index contributed by atoms with van der Waals surface area (Å²) in [6.45, 7) is 0.388. The van der Waals surface area contributed by atoms with Gasteiger partial charge in [-0.15, -0.1) is 11.8 Å². The number of benzene rings is 2. The first-order valence-corrected chi connectivity index (χ1v) is 11.4. The first-order valence-electron chi connectivity index (χ1n) is 8.51. The topological polar surface area (TPSA) is 72.5 Å². The number of rotatable bonds is 7. The van der Waals surface area contributed by atoms with Crippen LogP contribution in [0.5, 0.6) is 11.5 Å². The molecule has 3 rings (SSSR count). The molecule has 0 radical (unpaired) electrons. The van der Waals surface area contributed by atoms with Crippen molar-refractivity contribution in [3.8, 4) is 11.5 Å². The summed E-state index contributed by atoms with van der Waals surface area (Å²) in [5.41, 5.74) is 0.920. The Kier molecular flexibility index (Phi) is 6.38. The highest BCUT2D eigenvalue weighted by atomic mass is 32.2. The molecule has 0 aromatic heterocycles. The van der Waals surface area contributed by atoms with E-state index >= 15 is 0 Å². The quantitative estimate of drug-likeness (QED) is 0.761. The van der Waals surface area contributed by atoms with E-state index in [0.29, 0.717) is 24.5 Å². The number of ether oxygens (including phenoxy) is 1. The Morgan fingerprint density at radius 3 is 2.33 bits per heavy atom. The van der Waals surface area contributed by atoms with Gasteiger partial charge in [0.2, 0.25) is 5.91 Å². The summed E-state index contributed by atoms with van der Waals surface area (Å²) in [6.07, 6.45) is 0.621. The smallest absolute Gasteiger partial charge is 0.230 e. The highest BCUT2D eigenvalue weighted by Gasteiger charge is 2.28. The fourth-order valence-corrected chi connectivity index (χ4v) is 6.12. The van der Waals surface area contributed by atoms with Crippen molar-refractivity contribution >= 4 is 27.5 Å². The van der Waals surface area contributed by atoms with Gasteiger partial charge in [-0.2, -0.15) is 0 Å². The van der Waals surface area contributed by atoms with E-state index in [-0.39, 0.29) is 34.2 Å². The molecule has 0 bridgehead atoms. The molecule has 144 valence electrons. The zero-order valence-electron chi connectivity index (χ0n) is 14.6. The monoisotopic (exact) mass is 409 g/mol. The van der Waals surface area contributed by atoms with Crippen molar-refractivity contribution in [2.75, 3.05) is 17.3 Å². The van der Waals surface area contributed by atoms with E-state index in [1.54, 1.807) is 24.3 Å². The Hall–Kier alpha value is -2.06. The molecular formula is C19H20FNO4S2. The zero-order chi connectivity index (χ0) is 19.3. The van der Waals surface area contributed by atoms with Crippen molar-refractivity contribution in [3.05, 3.63) is 59.9 Å².